The van der Waals surface area contributed by atoms with E-state index in [1.165, 1.54) is 18.2 Å². The zero-order valence-corrected chi connectivity index (χ0v) is 18.5. The summed E-state index contributed by atoms with van der Waals surface area (Å²) in [6.07, 6.45) is 1.26. The molecule has 7 nitrogen and oxygen atoms in total. The minimum atomic E-state index is -0.425. The first kappa shape index (κ1) is 22.1. The van der Waals surface area contributed by atoms with E-state index in [-0.39, 0.29) is 24.5 Å². The molecule has 3 aromatic rings. The Balaban J connectivity index is 1.27. The summed E-state index contributed by atoms with van der Waals surface area (Å²) in [7, 11) is 0. The number of benzene rings is 2. The highest BCUT2D eigenvalue weighted by Gasteiger charge is 2.53. The molecule has 32 heavy (non-hydrogen) atoms. The average Bonchev–Trinajstić information content (AvgIpc) is 3.20. The van der Waals surface area contributed by atoms with Gasteiger partial charge in [0.05, 0.1) is 5.41 Å². The third-order valence-electron chi connectivity index (χ3n) is 5.33. The predicted octanol–water partition coefficient (Wildman–Crippen LogP) is 4.45. The smallest absolute Gasteiger partial charge is 0.258 e. The number of hydrogen-bond donors (Lipinski definition) is 1. The fourth-order valence-corrected chi connectivity index (χ4v) is 4.35. The van der Waals surface area contributed by atoms with Gasteiger partial charge < -0.3 is 19.3 Å². The van der Waals surface area contributed by atoms with Crippen molar-refractivity contribution in [3.05, 3.63) is 71.1 Å². The molecule has 1 aromatic heterocycles. The SMILES string of the molecule is CC1(NC(=O)COc2cccc(F)c2)CC(C)(c2nc(COc3ccc(Cl)cc3)no2)C1. The first-order chi connectivity index (χ1) is 15.2. The molecular formula is C23H23ClFN3O4. The van der Waals surface area contributed by atoms with Gasteiger partial charge in [0.2, 0.25) is 11.7 Å². The van der Waals surface area contributed by atoms with Gasteiger partial charge in [-0.05, 0) is 56.2 Å². The maximum absolute atomic E-state index is 13.2. The highest BCUT2D eigenvalue weighted by molar-refractivity contribution is 6.30. The van der Waals surface area contributed by atoms with Gasteiger partial charge >= 0.3 is 0 Å². The van der Waals surface area contributed by atoms with Gasteiger partial charge in [-0.2, -0.15) is 4.98 Å². The molecule has 1 aliphatic rings. The largest absolute Gasteiger partial charge is 0.485 e. The highest BCUT2D eigenvalue weighted by atomic mass is 35.5. The highest BCUT2D eigenvalue weighted by Crippen LogP contribution is 2.49. The van der Waals surface area contributed by atoms with Gasteiger partial charge in [0.25, 0.3) is 5.91 Å². The fourth-order valence-electron chi connectivity index (χ4n) is 4.22. The van der Waals surface area contributed by atoms with Crippen LogP contribution in [0.25, 0.3) is 0 Å². The summed E-state index contributed by atoms with van der Waals surface area (Å²) in [5.41, 5.74) is -0.775. The van der Waals surface area contributed by atoms with E-state index in [0.29, 0.717) is 41.1 Å². The number of carbonyl (C=O) groups is 1. The van der Waals surface area contributed by atoms with Gasteiger partial charge in [-0.1, -0.05) is 29.7 Å². The molecule has 0 aliphatic heterocycles. The summed E-state index contributed by atoms with van der Waals surface area (Å²) in [5.74, 6) is 1.23. The molecule has 4 rings (SSSR count). The summed E-state index contributed by atoms with van der Waals surface area (Å²) >= 11 is 5.87. The van der Waals surface area contributed by atoms with Crippen molar-refractivity contribution in [1.29, 1.82) is 0 Å². The molecule has 0 saturated heterocycles. The van der Waals surface area contributed by atoms with E-state index >= 15 is 0 Å². The van der Waals surface area contributed by atoms with Crippen LogP contribution in [0.3, 0.4) is 0 Å². The lowest BCUT2D eigenvalue weighted by molar-refractivity contribution is -0.127. The molecule has 1 heterocycles. The fraction of sp³-hybridized carbons (Fsp3) is 0.348. The molecule has 0 bridgehead atoms. The van der Waals surface area contributed by atoms with Crippen molar-refractivity contribution in [2.45, 2.75) is 44.2 Å². The van der Waals surface area contributed by atoms with Crippen LogP contribution in [-0.2, 0) is 16.8 Å². The molecule has 2 aromatic carbocycles. The van der Waals surface area contributed by atoms with Crippen molar-refractivity contribution in [3.63, 3.8) is 0 Å². The number of aromatic nitrogens is 2. The predicted molar refractivity (Wildman–Crippen MR) is 115 cm³/mol. The first-order valence-electron chi connectivity index (χ1n) is 10.1. The maximum Gasteiger partial charge on any atom is 0.258 e. The summed E-state index contributed by atoms with van der Waals surface area (Å²) in [6.45, 7) is 3.95. The molecule has 9 heteroatoms. The molecular weight excluding hydrogens is 437 g/mol. The molecule has 1 aliphatic carbocycles. The van der Waals surface area contributed by atoms with Gasteiger partial charge in [-0.3, -0.25) is 4.79 Å². The van der Waals surface area contributed by atoms with Crippen LogP contribution in [0.15, 0.2) is 53.1 Å². The second-order valence-corrected chi connectivity index (χ2v) is 8.96. The van der Waals surface area contributed by atoms with Crippen LogP contribution in [0.1, 0.15) is 38.4 Å². The van der Waals surface area contributed by atoms with Crippen molar-refractivity contribution in [2.24, 2.45) is 0 Å². The number of ether oxygens (including phenoxy) is 2. The lowest BCUT2D eigenvalue weighted by atomic mass is 9.59. The average molecular weight is 460 g/mol. The number of amides is 1. The topological polar surface area (TPSA) is 86.5 Å². The molecule has 168 valence electrons. The maximum atomic E-state index is 13.2. The monoisotopic (exact) mass is 459 g/mol. The van der Waals surface area contributed by atoms with Crippen molar-refractivity contribution < 1.29 is 23.2 Å². The van der Waals surface area contributed by atoms with Gasteiger partial charge in [0, 0.05) is 16.6 Å². The van der Waals surface area contributed by atoms with Crippen LogP contribution in [-0.4, -0.2) is 28.2 Å². The van der Waals surface area contributed by atoms with E-state index in [2.05, 4.69) is 15.5 Å². The zero-order chi connectivity index (χ0) is 22.8. The Labute approximate surface area is 189 Å². The van der Waals surface area contributed by atoms with Crippen LogP contribution >= 0.6 is 11.6 Å². The van der Waals surface area contributed by atoms with Gasteiger partial charge in [0.1, 0.15) is 17.3 Å². The number of nitrogens with one attached hydrogen (secondary N) is 1. The number of carbonyl (C=O) groups excluding carboxylic acids is 1. The minimum absolute atomic E-state index is 0.173. The normalized spacial score (nSPS) is 22.1. The van der Waals surface area contributed by atoms with Crippen molar-refractivity contribution in [3.8, 4) is 11.5 Å². The molecule has 1 N–H and O–H groups in total. The molecule has 0 radical (unpaired) electrons. The van der Waals surface area contributed by atoms with E-state index in [1.807, 2.05) is 13.8 Å². The van der Waals surface area contributed by atoms with Crippen LogP contribution in [0.2, 0.25) is 5.02 Å². The molecule has 1 amide bonds. The van der Waals surface area contributed by atoms with Crippen molar-refractivity contribution in [1.82, 2.24) is 15.5 Å². The Hall–Kier alpha value is -3.13. The molecule has 0 spiro atoms. The number of nitrogens with zero attached hydrogens (tertiary/aromatic N) is 2. The van der Waals surface area contributed by atoms with E-state index in [9.17, 15) is 9.18 Å². The second kappa shape index (κ2) is 8.78. The minimum Gasteiger partial charge on any atom is -0.485 e. The molecule has 0 atom stereocenters. The van der Waals surface area contributed by atoms with E-state index < -0.39 is 11.4 Å². The molecule has 0 unspecified atom stereocenters. The Bertz CT molecular complexity index is 1100. The van der Waals surface area contributed by atoms with Crippen LogP contribution in [0.4, 0.5) is 4.39 Å². The van der Waals surface area contributed by atoms with E-state index in [1.54, 1.807) is 30.3 Å². The Morgan fingerprint density at radius 1 is 1.16 bits per heavy atom. The molecule has 1 fully saturated rings. The lowest BCUT2D eigenvalue weighted by Crippen LogP contribution is -2.61. The third-order valence-corrected chi connectivity index (χ3v) is 5.59. The summed E-state index contributed by atoms with van der Waals surface area (Å²) in [4.78, 5) is 16.8. The van der Waals surface area contributed by atoms with Crippen molar-refractivity contribution in [2.75, 3.05) is 6.61 Å². The van der Waals surface area contributed by atoms with Gasteiger partial charge in [-0.15, -0.1) is 0 Å². The summed E-state index contributed by atoms with van der Waals surface area (Å²) in [5, 5.41) is 7.61. The van der Waals surface area contributed by atoms with Crippen LogP contribution in [0, 0.1) is 5.82 Å². The van der Waals surface area contributed by atoms with Crippen molar-refractivity contribution >= 4 is 17.5 Å². The number of hydrogen-bond acceptors (Lipinski definition) is 6. The quantitative estimate of drug-likeness (QED) is 0.535. The number of halogens is 2. The van der Waals surface area contributed by atoms with Crippen LogP contribution < -0.4 is 14.8 Å². The first-order valence-corrected chi connectivity index (χ1v) is 10.5. The summed E-state index contributed by atoms with van der Waals surface area (Å²) < 4.78 is 29.7. The zero-order valence-electron chi connectivity index (χ0n) is 17.7. The van der Waals surface area contributed by atoms with E-state index in [0.717, 1.165) is 0 Å². The van der Waals surface area contributed by atoms with Gasteiger partial charge in [0.15, 0.2) is 13.2 Å². The van der Waals surface area contributed by atoms with Crippen LogP contribution in [0.5, 0.6) is 11.5 Å². The van der Waals surface area contributed by atoms with Gasteiger partial charge in [-0.25, -0.2) is 4.39 Å². The number of rotatable bonds is 8. The Morgan fingerprint density at radius 2 is 1.91 bits per heavy atom. The third kappa shape index (κ3) is 5.19. The lowest BCUT2D eigenvalue weighted by Gasteiger charge is -2.51. The molecule has 1 saturated carbocycles. The second-order valence-electron chi connectivity index (χ2n) is 8.53. The Morgan fingerprint density at radius 3 is 2.62 bits per heavy atom. The summed E-state index contributed by atoms with van der Waals surface area (Å²) in [6, 6.07) is 12.7. The van der Waals surface area contributed by atoms with E-state index in [4.69, 9.17) is 25.6 Å². The standard InChI is InChI=1S/C23H23ClFN3O4/c1-22(21-26-19(28-32-21)11-30-17-8-6-15(24)7-9-17)13-23(2,14-22)27-20(29)12-31-18-5-3-4-16(25)10-18/h3-10H,11-14H2,1-2H3,(H,27,29). The Kier molecular flexibility index (Phi) is 6.06.